The smallest absolute Gasteiger partial charge is 0.349 e. The molecule has 5 nitrogen and oxygen atoms in total. The molecule has 0 fully saturated rings. The second kappa shape index (κ2) is 10.9. The zero-order valence-corrected chi connectivity index (χ0v) is 17.2. The fourth-order valence-electron chi connectivity index (χ4n) is 2.55. The summed E-state index contributed by atoms with van der Waals surface area (Å²) in [5.41, 5.74) is 0. The van der Waals surface area contributed by atoms with Gasteiger partial charge in [-0.1, -0.05) is 32.0 Å². The maximum Gasteiger partial charge on any atom is 0.349 e. The Labute approximate surface area is 177 Å². The average molecular weight is 406 g/mol. The Bertz CT molecular complexity index is 903. The molecule has 156 valence electrons. The predicted octanol–water partition coefficient (Wildman–Crippen LogP) is 5.89. The van der Waals surface area contributed by atoms with Gasteiger partial charge in [-0.25, -0.2) is 4.79 Å². The van der Waals surface area contributed by atoms with Gasteiger partial charge in [-0.2, -0.15) is 0 Å². The van der Waals surface area contributed by atoms with E-state index in [1.807, 2.05) is 42.5 Å². The molecule has 0 heterocycles. The van der Waals surface area contributed by atoms with Gasteiger partial charge in [0.1, 0.15) is 28.7 Å². The Balaban J connectivity index is 1.42. The van der Waals surface area contributed by atoms with Crippen molar-refractivity contribution < 1.29 is 23.7 Å². The minimum absolute atomic E-state index is 0.185. The van der Waals surface area contributed by atoms with Gasteiger partial charge in [0.2, 0.25) is 0 Å². The van der Waals surface area contributed by atoms with Crippen LogP contribution in [0.15, 0.2) is 78.9 Å². The molecule has 0 aliphatic carbocycles. The highest BCUT2D eigenvalue weighted by molar-refractivity contribution is 5.74. The van der Waals surface area contributed by atoms with Gasteiger partial charge in [-0.15, -0.1) is 0 Å². The monoisotopic (exact) mass is 406 g/mol. The van der Waals surface area contributed by atoms with E-state index in [-0.39, 0.29) is 6.61 Å². The number of para-hydroxylation sites is 1. The van der Waals surface area contributed by atoms with Crippen molar-refractivity contribution in [2.24, 2.45) is 5.92 Å². The third kappa shape index (κ3) is 7.17. The summed E-state index contributed by atoms with van der Waals surface area (Å²) in [5.74, 6) is 3.31. The molecule has 0 unspecified atom stereocenters. The normalized spacial score (nSPS) is 10.5. The molecule has 0 radical (unpaired) electrons. The van der Waals surface area contributed by atoms with Crippen molar-refractivity contribution in [2.75, 3.05) is 13.2 Å². The number of hydrogen-bond acceptors (Lipinski definition) is 5. The Hall–Kier alpha value is -3.47. The van der Waals surface area contributed by atoms with Crippen molar-refractivity contribution >= 4 is 5.97 Å². The summed E-state index contributed by atoms with van der Waals surface area (Å²) >= 11 is 0. The Morgan fingerprint density at radius 2 is 1.23 bits per heavy atom. The SMILES string of the molecule is CC(C)CCOc1ccc(OCC(=O)Oc2ccc(Oc3ccccc3)cc2)cc1. The van der Waals surface area contributed by atoms with Gasteiger partial charge in [0.25, 0.3) is 0 Å². The van der Waals surface area contributed by atoms with E-state index in [1.54, 1.807) is 36.4 Å². The van der Waals surface area contributed by atoms with Crippen molar-refractivity contribution in [3.8, 4) is 28.7 Å². The van der Waals surface area contributed by atoms with Crippen molar-refractivity contribution in [3.05, 3.63) is 78.9 Å². The standard InChI is InChI=1S/C25H26O5/c1-19(2)16-17-27-20-8-10-21(11-9-20)28-18-25(26)30-24-14-12-23(13-15-24)29-22-6-4-3-5-7-22/h3-15,19H,16-18H2,1-2H3. The second-order valence-electron chi connectivity index (χ2n) is 7.15. The number of esters is 1. The van der Waals surface area contributed by atoms with Crippen LogP contribution in [-0.2, 0) is 4.79 Å². The van der Waals surface area contributed by atoms with Crippen LogP contribution < -0.4 is 18.9 Å². The number of ether oxygens (including phenoxy) is 4. The Kier molecular flexibility index (Phi) is 7.72. The zero-order valence-electron chi connectivity index (χ0n) is 17.2. The first-order valence-electron chi connectivity index (χ1n) is 9.98. The van der Waals surface area contributed by atoms with E-state index in [4.69, 9.17) is 18.9 Å². The van der Waals surface area contributed by atoms with Crippen LogP contribution in [0.4, 0.5) is 0 Å². The third-order valence-corrected chi connectivity index (χ3v) is 4.18. The van der Waals surface area contributed by atoms with Crippen LogP contribution in [0.5, 0.6) is 28.7 Å². The van der Waals surface area contributed by atoms with Gasteiger partial charge in [-0.3, -0.25) is 0 Å². The number of rotatable bonds is 10. The molecule has 0 aliphatic rings. The zero-order chi connectivity index (χ0) is 21.2. The second-order valence-corrected chi connectivity index (χ2v) is 7.15. The highest BCUT2D eigenvalue weighted by Gasteiger charge is 2.07. The van der Waals surface area contributed by atoms with E-state index in [1.165, 1.54) is 0 Å². The number of carbonyl (C=O) groups is 1. The molecule has 3 aromatic carbocycles. The Morgan fingerprint density at radius 3 is 1.87 bits per heavy atom. The Morgan fingerprint density at radius 1 is 0.700 bits per heavy atom. The maximum absolute atomic E-state index is 12.0. The third-order valence-electron chi connectivity index (χ3n) is 4.18. The number of hydrogen-bond donors (Lipinski definition) is 0. The summed E-state index contributed by atoms with van der Waals surface area (Å²) in [6.45, 7) is 4.81. The van der Waals surface area contributed by atoms with Crippen LogP contribution in [0.2, 0.25) is 0 Å². The van der Waals surface area contributed by atoms with Crippen LogP contribution >= 0.6 is 0 Å². The minimum atomic E-state index is -0.482. The first-order valence-corrected chi connectivity index (χ1v) is 9.98. The molecular formula is C25H26O5. The molecule has 3 aromatic rings. The predicted molar refractivity (Wildman–Crippen MR) is 115 cm³/mol. The summed E-state index contributed by atoms with van der Waals surface area (Å²) in [5, 5.41) is 0. The van der Waals surface area contributed by atoms with E-state index >= 15 is 0 Å². The lowest BCUT2D eigenvalue weighted by molar-refractivity contribution is -0.136. The lowest BCUT2D eigenvalue weighted by Gasteiger charge is -2.10. The fraction of sp³-hybridized carbons (Fsp3) is 0.240. The highest BCUT2D eigenvalue weighted by Crippen LogP contribution is 2.24. The molecule has 0 atom stereocenters. The molecule has 0 saturated heterocycles. The molecule has 3 rings (SSSR count). The molecule has 30 heavy (non-hydrogen) atoms. The fourth-order valence-corrected chi connectivity index (χ4v) is 2.55. The lowest BCUT2D eigenvalue weighted by atomic mass is 10.1. The lowest BCUT2D eigenvalue weighted by Crippen LogP contribution is -2.17. The summed E-state index contributed by atoms with van der Waals surface area (Å²) < 4.78 is 22.2. The van der Waals surface area contributed by atoms with Crippen LogP contribution in [0, 0.1) is 5.92 Å². The quantitative estimate of drug-likeness (QED) is 0.310. The maximum atomic E-state index is 12.0. The van der Waals surface area contributed by atoms with Crippen LogP contribution in [0.25, 0.3) is 0 Å². The molecule has 0 aliphatic heterocycles. The van der Waals surface area contributed by atoms with Crippen LogP contribution in [-0.4, -0.2) is 19.2 Å². The molecule has 0 saturated carbocycles. The van der Waals surface area contributed by atoms with Gasteiger partial charge < -0.3 is 18.9 Å². The summed E-state index contributed by atoms with van der Waals surface area (Å²) in [6.07, 6.45) is 1.00. The van der Waals surface area contributed by atoms with Crippen LogP contribution in [0.1, 0.15) is 20.3 Å². The van der Waals surface area contributed by atoms with Crippen molar-refractivity contribution in [1.82, 2.24) is 0 Å². The van der Waals surface area contributed by atoms with E-state index in [0.29, 0.717) is 29.8 Å². The molecule has 0 N–H and O–H groups in total. The average Bonchev–Trinajstić information content (AvgIpc) is 2.75. The largest absolute Gasteiger partial charge is 0.494 e. The molecular weight excluding hydrogens is 380 g/mol. The van der Waals surface area contributed by atoms with Gasteiger partial charge in [0.05, 0.1) is 6.61 Å². The van der Waals surface area contributed by atoms with E-state index in [2.05, 4.69) is 13.8 Å². The minimum Gasteiger partial charge on any atom is -0.494 e. The first-order chi connectivity index (χ1) is 14.6. The number of benzene rings is 3. The van der Waals surface area contributed by atoms with Crippen LogP contribution in [0.3, 0.4) is 0 Å². The van der Waals surface area contributed by atoms with E-state index < -0.39 is 5.97 Å². The van der Waals surface area contributed by atoms with Gasteiger partial charge >= 0.3 is 5.97 Å². The van der Waals surface area contributed by atoms with E-state index in [0.717, 1.165) is 17.9 Å². The number of carbonyl (C=O) groups excluding carboxylic acids is 1. The van der Waals surface area contributed by atoms with Gasteiger partial charge in [-0.05, 0) is 73.0 Å². The van der Waals surface area contributed by atoms with E-state index in [9.17, 15) is 4.79 Å². The highest BCUT2D eigenvalue weighted by atomic mass is 16.6. The van der Waals surface area contributed by atoms with Crippen molar-refractivity contribution in [2.45, 2.75) is 20.3 Å². The molecule has 0 bridgehead atoms. The van der Waals surface area contributed by atoms with Gasteiger partial charge in [0.15, 0.2) is 6.61 Å². The molecule has 0 aromatic heterocycles. The van der Waals surface area contributed by atoms with Crippen molar-refractivity contribution in [3.63, 3.8) is 0 Å². The topological polar surface area (TPSA) is 54.0 Å². The summed E-state index contributed by atoms with van der Waals surface area (Å²) in [7, 11) is 0. The molecule has 5 heteroatoms. The van der Waals surface area contributed by atoms with Gasteiger partial charge in [0, 0.05) is 0 Å². The molecule has 0 spiro atoms. The van der Waals surface area contributed by atoms with Crippen molar-refractivity contribution in [1.29, 1.82) is 0 Å². The first kappa shape index (κ1) is 21.2. The molecule has 0 amide bonds. The summed E-state index contributed by atoms with van der Waals surface area (Å²) in [4.78, 5) is 12.0. The summed E-state index contributed by atoms with van der Waals surface area (Å²) in [6, 6.07) is 23.5.